The van der Waals surface area contributed by atoms with Crippen molar-refractivity contribution in [1.29, 1.82) is 0 Å². The zero-order chi connectivity index (χ0) is 25.5. The highest BCUT2D eigenvalue weighted by Crippen LogP contribution is 2.45. The number of amides is 1. The van der Waals surface area contributed by atoms with Crippen molar-refractivity contribution in [2.45, 2.75) is 51.5 Å². The molecule has 3 aromatic rings. The Bertz CT molecular complexity index is 1360. The third-order valence-corrected chi connectivity index (χ3v) is 9.44. The highest BCUT2D eigenvalue weighted by Gasteiger charge is 2.46. The van der Waals surface area contributed by atoms with E-state index in [4.69, 9.17) is 4.42 Å². The lowest BCUT2D eigenvalue weighted by atomic mass is 9.63. The van der Waals surface area contributed by atoms with E-state index in [1.807, 2.05) is 43.3 Å². The van der Waals surface area contributed by atoms with Gasteiger partial charge in [0.2, 0.25) is 5.91 Å². The van der Waals surface area contributed by atoms with Crippen molar-refractivity contribution in [3.05, 3.63) is 88.4 Å². The van der Waals surface area contributed by atoms with Gasteiger partial charge in [-0.15, -0.1) is 0 Å². The predicted octanol–water partition coefficient (Wildman–Crippen LogP) is 4.77. The van der Waals surface area contributed by atoms with Gasteiger partial charge >= 0.3 is 0 Å². The third-order valence-electron chi connectivity index (χ3n) is 7.83. The van der Waals surface area contributed by atoms with Crippen LogP contribution >= 0.6 is 0 Å². The number of sulfone groups is 1. The molecule has 1 N–H and O–H groups in total. The first-order valence-electron chi connectivity index (χ1n) is 12.7. The van der Waals surface area contributed by atoms with Gasteiger partial charge in [0.1, 0.15) is 17.6 Å². The minimum Gasteiger partial charge on any atom is -0.464 e. The van der Waals surface area contributed by atoms with Crippen molar-refractivity contribution in [2.75, 3.05) is 29.5 Å². The lowest BCUT2D eigenvalue weighted by Crippen LogP contribution is -2.50. The highest BCUT2D eigenvalue weighted by molar-refractivity contribution is 7.91. The van der Waals surface area contributed by atoms with Gasteiger partial charge in [-0.3, -0.25) is 4.79 Å². The number of hydrogen-bond donors (Lipinski definition) is 1. The molecular weight excluding hydrogens is 472 g/mol. The summed E-state index contributed by atoms with van der Waals surface area (Å²) >= 11 is 0. The maximum atomic E-state index is 13.9. The summed E-state index contributed by atoms with van der Waals surface area (Å²) in [5, 5.41) is 3.34. The van der Waals surface area contributed by atoms with E-state index in [1.165, 1.54) is 5.56 Å². The quantitative estimate of drug-likeness (QED) is 0.521. The van der Waals surface area contributed by atoms with Crippen LogP contribution in [0, 0.1) is 20.8 Å². The van der Waals surface area contributed by atoms with Crippen molar-refractivity contribution >= 4 is 21.4 Å². The third kappa shape index (κ3) is 4.69. The normalized spacial score (nSPS) is 19.4. The van der Waals surface area contributed by atoms with Crippen LogP contribution in [0.15, 0.2) is 59.0 Å². The van der Waals surface area contributed by atoms with Crippen LogP contribution in [-0.2, 0) is 20.0 Å². The molecular formula is C29H34N2O4S. The lowest BCUT2D eigenvalue weighted by molar-refractivity contribution is -0.130. The van der Waals surface area contributed by atoms with Crippen LogP contribution in [0.2, 0.25) is 0 Å². The van der Waals surface area contributed by atoms with E-state index in [0.29, 0.717) is 13.1 Å². The molecule has 6 nitrogen and oxygen atoms in total. The molecule has 1 saturated carbocycles. The number of furan rings is 1. The predicted molar refractivity (Wildman–Crippen MR) is 142 cm³/mol. The summed E-state index contributed by atoms with van der Waals surface area (Å²) in [4.78, 5) is 16.0. The zero-order valence-corrected chi connectivity index (χ0v) is 22.0. The summed E-state index contributed by atoms with van der Waals surface area (Å²) in [5.41, 5.74) is 4.77. The Balaban J connectivity index is 1.40. The Morgan fingerprint density at radius 2 is 1.67 bits per heavy atom. The molecule has 1 aromatic heterocycles. The van der Waals surface area contributed by atoms with E-state index in [0.717, 1.165) is 53.2 Å². The second kappa shape index (κ2) is 9.43. The smallest absolute Gasteiger partial charge is 0.231 e. The maximum absolute atomic E-state index is 13.9. The second-order valence-electron chi connectivity index (χ2n) is 10.3. The van der Waals surface area contributed by atoms with E-state index >= 15 is 0 Å². The average molecular weight is 507 g/mol. The molecule has 1 aliphatic carbocycles. The van der Waals surface area contributed by atoms with E-state index in [9.17, 15) is 13.2 Å². The Kier molecular flexibility index (Phi) is 6.45. The van der Waals surface area contributed by atoms with Crippen molar-refractivity contribution < 1.29 is 17.6 Å². The average Bonchev–Trinajstić information content (AvgIpc) is 3.24. The van der Waals surface area contributed by atoms with Gasteiger partial charge in [-0.05, 0) is 74.6 Å². The first-order valence-corrected chi connectivity index (χ1v) is 14.5. The number of nitrogens with one attached hydrogen (secondary N) is 1. The van der Waals surface area contributed by atoms with Gasteiger partial charge in [-0.1, -0.05) is 42.3 Å². The number of carbonyl (C=O) groups excluding carboxylic acids is 1. The van der Waals surface area contributed by atoms with Gasteiger partial charge in [0.25, 0.3) is 0 Å². The molecule has 190 valence electrons. The molecule has 1 unspecified atom stereocenters. The Morgan fingerprint density at radius 1 is 0.972 bits per heavy atom. The van der Waals surface area contributed by atoms with Crippen molar-refractivity contribution in [1.82, 2.24) is 5.32 Å². The first kappa shape index (κ1) is 24.6. The minimum atomic E-state index is -2.92. The summed E-state index contributed by atoms with van der Waals surface area (Å²) in [5.74, 6) is 1.94. The van der Waals surface area contributed by atoms with Crippen LogP contribution in [0.3, 0.4) is 0 Å². The van der Waals surface area contributed by atoms with Gasteiger partial charge in [0.15, 0.2) is 9.84 Å². The number of nitrogens with zero attached hydrogens (tertiary/aromatic N) is 1. The molecule has 0 bridgehead atoms. The van der Waals surface area contributed by atoms with E-state index in [2.05, 4.69) is 42.3 Å². The molecule has 5 rings (SSSR count). The summed E-state index contributed by atoms with van der Waals surface area (Å²) in [6.45, 7) is 7.07. The molecule has 2 fully saturated rings. The fourth-order valence-corrected chi connectivity index (χ4v) is 6.67. The van der Waals surface area contributed by atoms with Crippen molar-refractivity contribution in [3.63, 3.8) is 0 Å². The monoisotopic (exact) mass is 506 g/mol. The summed E-state index contributed by atoms with van der Waals surface area (Å²) in [6.07, 6.45) is 2.61. The van der Waals surface area contributed by atoms with Crippen LogP contribution in [0.1, 0.15) is 59.1 Å². The number of benzene rings is 2. The zero-order valence-electron chi connectivity index (χ0n) is 21.2. The van der Waals surface area contributed by atoms with Crippen LogP contribution in [0.25, 0.3) is 0 Å². The number of anilines is 1. The fraction of sp³-hybridized carbons (Fsp3) is 0.414. The van der Waals surface area contributed by atoms with Gasteiger partial charge in [-0.25, -0.2) is 8.42 Å². The molecule has 2 aliphatic rings. The lowest BCUT2D eigenvalue weighted by Gasteiger charge is -2.42. The molecule has 1 atom stereocenters. The number of hydrogen-bond acceptors (Lipinski definition) is 5. The minimum absolute atomic E-state index is 0.0181. The van der Waals surface area contributed by atoms with Crippen molar-refractivity contribution in [2.24, 2.45) is 0 Å². The maximum Gasteiger partial charge on any atom is 0.231 e. The molecule has 1 saturated heterocycles. The van der Waals surface area contributed by atoms with Crippen LogP contribution in [0.4, 0.5) is 5.69 Å². The highest BCUT2D eigenvalue weighted by atomic mass is 32.2. The van der Waals surface area contributed by atoms with Crippen LogP contribution < -0.4 is 10.2 Å². The summed E-state index contributed by atoms with van der Waals surface area (Å²) in [7, 11) is -2.92. The molecule has 1 aliphatic heterocycles. The van der Waals surface area contributed by atoms with Crippen molar-refractivity contribution in [3.8, 4) is 0 Å². The molecule has 36 heavy (non-hydrogen) atoms. The Labute approximate surface area is 213 Å². The standard InChI is InChI=1S/C29H34N2O4S/c1-20-5-11-25(21(2)19-20)27(26-12-6-22(3)35-26)30-28(32)29(13-4-14-29)23-7-9-24(10-8-23)31-15-17-36(33,34)18-16-31/h5-12,19,27H,4,13-18H2,1-3H3,(H,30,32). The number of carbonyl (C=O) groups is 1. The first-order chi connectivity index (χ1) is 17.2. The van der Waals surface area contributed by atoms with Gasteiger partial charge in [0.05, 0.1) is 16.9 Å². The Morgan fingerprint density at radius 3 is 2.22 bits per heavy atom. The molecule has 1 amide bonds. The molecule has 0 spiro atoms. The largest absolute Gasteiger partial charge is 0.464 e. The van der Waals surface area contributed by atoms with Gasteiger partial charge in [0, 0.05) is 18.8 Å². The Hall–Kier alpha value is -3.06. The van der Waals surface area contributed by atoms with Gasteiger partial charge in [-0.2, -0.15) is 0 Å². The SMILES string of the molecule is Cc1ccc(C(NC(=O)C2(c3ccc(N4CCS(=O)(=O)CC4)cc3)CCC2)c2ccc(C)o2)c(C)c1. The number of aryl methyl sites for hydroxylation is 3. The summed E-state index contributed by atoms with van der Waals surface area (Å²) < 4.78 is 29.6. The topological polar surface area (TPSA) is 79.6 Å². The molecule has 0 radical (unpaired) electrons. The van der Waals surface area contributed by atoms with Crippen LogP contribution in [-0.4, -0.2) is 38.9 Å². The van der Waals surface area contributed by atoms with Crippen LogP contribution in [0.5, 0.6) is 0 Å². The second-order valence-corrected chi connectivity index (χ2v) is 12.6. The number of rotatable bonds is 6. The van der Waals surface area contributed by atoms with E-state index < -0.39 is 15.3 Å². The van der Waals surface area contributed by atoms with E-state index in [-0.39, 0.29) is 23.5 Å². The molecule has 2 heterocycles. The molecule has 2 aromatic carbocycles. The summed E-state index contributed by atoms with van der Waals surface area (Å²) in [6, 6.07) is 17.9. The molecule has 7 heteroatoms. The van der Waals surface area contributed by atoms with Gasteiger partial charge < -0.3 is 14.6 Å². The fourth-order valence-electron chi connectivity index (χ4n) is 5.47. The van der Waals surface area contributed by atoms with E-state index in [1.54, 1.807) is 0 Å².